The second-order valence-corrected chi connectivity index (χ2v) is 9.57. The Morgan fingerprint density at radius 2 is 1.77 bits per heavy atom. The van der Waals surface area contributed by atoms with Gasteiger partial charge in [0.1, 0.15) is 5.69 Å². The Labute approximate surface area is 224 Å². The first-order valence-corrected chi connectivity index (χ1v) is 12.3. The van der Waals surface area contributed by atoms with Crippen molar-refractivity contribution >= 4 is 17.5 Å². The van der Waals surface area contributed by atoms with E-state index in [4.69, 9.17) is 5.73 Å². The number of piperazine rings is 1. The molecule has 0 radical (unpaired) electrons. The molecule has 0 unspecified atom stereocenters. The van der Waals surface area contributed by atoms with Crippen LogP contribution >= 0.6 is 0 Å². The van der Waals surface area contributed by atoms with E-state index in [1.165, 1.54) is 22.9 Å². The van der Waals surface area contributed by atoms with Gasteiger partial charge in [0.05, 0.1) is 11.8 Å². The zero-order valence-electron chi connectivity index (χ0n) is 21.9. The fourth-order valence-corrected chi connectivity index (χ4v) is 4.29. The number of halogens is 3. The number of nitrogens with zero attached hydrogens (tertiary/aromatic N) is 4. The zero-order chi connectivity index (χ0) is 28.3. The molecule has 39 heavy (non-hydrogen) atoms. The van der Waals surface area contributed by atoms with Gasteiger partial charge in [-0.2, -0.15) is 13.2 Å². The van der Waals surface area contributed by atoms with Crippen LogP contribution in [0.15, 0.2) is 42.6 Å². The maximum Gasteiger partial charge on any atom is 0.416 e. The molecule has 4 rings (SSSR count). The van der Waals surface area contributed by atoms with Crippen LogP contribution in [0.5, 0.6) is 0 Å². The first-order valence-electron chi connectivity index (χ1n) is 12.3. The smallest absolute Gasteiger partial charge is 0.363 e. The highest BCUT2D eigenvalue weighted by Crippen LogP contribution is 2.33. The first kappa shape index (κ1) is 27.9. The van der Waals surface area contributed by atoms with Gasteiger partial charge < -0.3 is 20.5 Å². The highest BCUT2D eigenvalue weighted by Gasteiger charge is 2.34. The van der Waals surface area contributed by atoms with E-state index in [1.807, 2.05) is 18.9 Å². The average Bonchev–Trinajstić information content (AvgIpc) is 3.25. The van der Waals surface area contributed by atoms with E-state index >= 15 is 0 Å². The number of primary amides is 1. The molecule has 204 valence electrons. The molecule has 2 heterocycles. The summed E-state index contributed by atoms with van der Waals surface area (Å²) in [5.41, 5.74) is 6.79. The molecule has 0 aliphatic carbocycles. The van der Waals surface area contributed by atoms with Crippen LogP contribution < -0.4 is 11.1 Å². The van der Waals surface area contributed by atoms with Crippen molar-refractivity contribution in [1.29, 1.82) is 0 Å². The Hall–Kier alpha value is -4.14. The number of imidazole rings is 1. The molecule has 1 aliphatic rings. The average molecular weight is 539 g/mol. The van der Waals surface area contributed by atoms with E-state index in [9.17, 15) is 22.8 Å². The third kappa shape index (κ3) is 6.66. The minimum absolute atomic E-state index is 0.0739. The van der Waals surface area contributed by atoms with Crippen molar-refractivity contribution in [2.45, 2.75) is 19.6 Å². The summed E-state index contributed by atoms with van der Waals surface area (Å²) in [6.45, 7) is 4.95. The third-order valence-electron chi connectivity index (χ3n) is 6.70. The summed E-state index contributed by atoms with van der Waals surface area (Å²) in [6, 6.07) is 8.75. The van der Waals surface area contributed by atoms with Crippen molar-refractivity contribution in [3.63, 3.8) is 0 Å². The molecule has 3 N–H and O–H groups in total. The third-order valence-corrected chi connectivity index (χ3v) is 6.70. The zero-order valence-corrected chi connectivity index (χ0v) is 21.9. The minimum Gasteiger partial charge on any atom is -0.363 e. The summed E-state index contributed by atoms with van der Waals surface area (Å²) in [5.74, 6) is 4.65. The normalized spacial score (nSPS) is 14.5. The number of benzene rings is 2. The lowest BCUT2D eigenvalue weighted by atomic mass is 10.0. The van der Waals surface area contributed by atoms with Gasteiger partial charge in [-0.25, -0.2) is 4.98 Å². The summed E-state index contributed by atoms with van der Waals surface area (Å²) < 4.78 is 43.3. The van der Waals surface area contributed by atoms with Crippen molar-refractivity contribution in [3.8, 4) is 11.8 Å². The Bertz CT molecular complexity index is 1460. The Balaban J connectivity index is 1.53. The van der Waals surface area contributed by atoms with Gasteiger partial charge in [-0.3, -0.25) is 14.5 Å². The van der Waals surface area contributed by atoms with Gasteiger partial charge in [0, 0.05) is 56.6 Å². The van der Waals surface area contributed by atoms with Gasteiger partial charge in [0.25, 0.3) is 11.8 Å². The number of aryl methyl sites for hydroxylation is 1. The van der Waals surface area contributed by atoms with Gasteiger partial charge in [0.15, 0.2) is 5.82 Å². The van der Waals surface area contributed by atoms with Crippen molar-refractivity contribution in [3.05, 3.63) is 81.9 Å². The molecule has 2 aromatic carbocycles. The molecule has 0 saturated carbocycles. The summed E-state index contributed by atoms with van der Waals surface area (Å²) >= 11 is 0. The van der Waals surface area contributed by atoms with E-state index in [0.717, 1.165) is 24.7 Å². The minimum atomic E-state index is -4.59. The lowest BCUT2D eigenvalue weighted by Crippen LogP contribution is -2.44. The number of likely N-dealkylation sites (N-methyl/N-ethyl adjacent to an activating group) is 1. The summed E-state index contributed by atoms with van der Waals surface area (Å²) in [6.07, 6.45) is -3.16. The van der Waals surface area contributed by atoms with Crippen LogP contribution in [0.4, 0.5) is 18.9 Å². The predicted octanol–water partition coefficient (Wildman–Crippen LogP) is 3.25. The highest BCUT2D eigenvalue weighted by molar-refractivity contribution is 6.04. The Morgan fingerprint density at radius 3 is 2.41 bits per heavy atom. The van der Waals surface area contributed by atoms with Gasteiger partial charge in [-0.05, 0) is 55.3 Å². The molecular weight excluding hydrogens is 509 g/mol. The predicted molar refractivity (Wildman–Crippen MR) is 141 cm³/mol. The number of aromatic nitrogens is 2. The van der Waals surface area contributed by atoms with E-state index in [-0.39, 0.29) is 23.5 Å². The molecule has 0 spiro atoms. The number of carbonyl (C=O) groups is 2. The van der Waals surface area contributed by atoms with Gasteiger partial charge in [0.2, 0.25) is 0 Å². The molecule has 1 aliphatic heterocycles. The van der Waals surface area contributed by atoms with Crippen molar-refractivity contribution in [2.75, 3.05) is 38.5 Å². The summed E-state index contributed by atoms with van der Waals surface area (Å²) in [7, 11) is 3.60. The SMILES string of the molecule is Cc1ccc(NC(=O)c2ccc(CN3CCN(C)CC3)c(C(F)(F)F)c2)cc1C#Cc1cnc(C(N)=O)n1C. The van der Waals surface area contributed by atoms with Gasteiger partial charge >= 0.3 is 6.18 Å². The largest absolute Gasteiger partial charge is 0.416 e. The molecule has 0 bridgehead atoms. The van der Waals surface area contributed by atoms with E-state index in [2.05, 4.69) is 27.0 Å². The van der Waals surface area contributed by atoms with Crippen LogP contribution in [0.3, 0.4) is 0 Å². The first-order chi connectivity index (χ1) is 18.4. The Morgan fingerprint density at radius 1 is 1.05 bits per heavy atom. The number of nitrogens with one attached hydrogen (secondary N) is 1. The van der Waals surface area contributed by atoms with Crippen molar-refractivity contribution in [1.82, 2.24) is 19.4 Å². The fraction of sp³-hybridized carbons (Fsp3) is 0.321. The standard InChI is InChI=1S/C28H29F3N6O2/c1-18-4-8-22(14-19(18)7-9-23-16-33-26(25(32)38)36(23)3)34-27(39)20-5-6-21(24(15-20)28(29,30)31)17-37-12-10-35(2)11-13-37/h4-6,8,14-16H,10-13,17H2,1-3H3,(H2,32,38)(H,34,39). The number of rotatable bonds is 5. The molecule has 3 aromatic rings. The number of hydrogen-bond donors (Lipinski definition) is 2. The molecule has 2 amide bonds. The maximum absolute atomic E-state index is 13.9. The number of hydrogen-bond acceptors (Lipinski definition) is 5. The molecular formula is C28H29F3N6O2. The number of amides is 2. The van der Waals surface area contributed by atoms with Crippen LogP contribution in [0.25, 0.3) is 0 Å². The number of alkyl halides is 3. The van der Waals surface area contributed by atoms with Crippen molar-refractivity contribution in [2.24, 2.45) is 12.8 Å². The fourth-order valence-electron chi connectivity index (χ4n) is 4.29. The van der Waals surface area contributed by atoms with Crippen LogP contribution in [0.1, 0.15) is 48.9 Å². The second-order valence-electron chi connectivity index (χ2n) is 9.57. The lowest BCUT2D eigenvalue weighted by molar-refractivity contribution is -0.138. The van der Waals surface area contributed by atoms with Gasteiger partial charge in [-0.15, -0.1) is 0 Å². The monoisotopic (exact) mass is 538 g/mol. The topological polar surface area (TPSA) is 96.5 Å². The number of anilines is 1. The van der Waals surface area contributed by atoms with E-state index in [1.54, 1.807) is 25.2 Å². The molecule has 8 nitrogen and oxygen atoms in total. The van der Waals surface area contributed by atoms with E-state index in [0.29, 0.717) is 30.0 Å². The Kier molecular flexibility index (Phi) is 8.09. The van der Waals surface area contributed by atoms with Crippen LogP contribution in [-0.2, 0) is 19.8 Å². The van der Waals surface area contributed by atoms with Crippen LogP contribution in [-0.4, -0.2) is 64.4 Å². The second kappa shape index (κ2) is 11.3. The quantitative estimate of drug-likeness (QED) is 0.487. The number of carbonyl (C=O) groups excluding carboxylic acids is 2. The summed E-state index contributed by atoms with van der Waals surface area (Å²) in [5, 5.41) is 2.67. The van der Waals surface area contributed by atoms with Crippen LogP contribution in [0, 0.1) is 18.8 Å². The maximum atomic E-state index is 13.9. The van der Waals surface area contributed by atoms with Crippen LogP contribution in [0.2, 0.25) is 0 Å². The molecule has 0 atom stereocenters. The van der Waals surface area contributed by atoms with Gasteiger partial charge in [-0.1, -0.05) is 18.1 Å². The summed E-state index contributed by atoms with van der Waals surface area (Å²) in [4.78, 5) is 32.4. The molecule has 1 aromatic heterocycles. The van der Waals surface area contributed by atoms with Crippen molar-refractivity contribution < 1.29 is 22.8 Å². The lowest BCUT2D eigenvalue weighted by Gasteiger charge is -2.33. The number of nitrogens with two attached hydrogens (primary N) is 1. The molecule has 11 heteroatoms. The highest BCUT2D eigenvalue weighted by atomic mass is 19.4. The molecule has 1 saturated heterocycles. The van der Waals surface area contributed by atoms with E-state index < -0.39 is 23.6 Å². The molecule has 1 fully saturated rings.